The number of anilines is 1. The van der Waals surface area contributed by atoms with Gasteiger partial charge in [-0.1, -0.05) is 6.07 Å². The molecule has 0 unspecified atom stereocenters. The first kappa shape index (κ1) is 13.5. The second kappa shape index (κ2) is 4.65. The second-order valence-electron chi connectivity index (χ2n) is 4.28. The van der Waals surface area contributed by atoms with Gasteiger partial charge in [0.2, 0.25) is 0 Å². The summed E-state index contributed by atoms with van der Waals surface area (Å²) in [4.78, 5) is -0.343. The number of aryl methyl sites for hydroxylation is 2. The predicted octanol–water partition coefficient (Wildman–Crippen LogP) is 1.69. The molecule has 0 spiro atoms. The third-order valence-corrected chi connectivity index (χ3v) is 4.60. The maximum Gasteiger partial charge on any atom is 0.267 e. The van der Waals surface area contributed by atoms with Crippen LogP contribution in [0.15, 0.2) is 35.5 Å². The molecule has 2 rings (SSSR count). The van der Waals surface area contributed by atoms with Crippen molar-refractivity contribution in [3.63, 3.8) is 0 Å². The van der Waals surface area contributed by atoms with Crippen molar-refractivity contribution < 1.29 is 12.8 Å². The Bertz CT molecular complexity index is 710. The van der Waals surface area contributed by atoms with Crippen molar-refractivity contribution in [1.82, 2.24) is 9.78 Å². The van der Waals surface area contributed by atoms with Gasteiger partial charge in [-0.25, -0.2) is 12.8 Å². The average molecular weight is 283 g/mol. The molecule has 2 aromatic rings. The fraction of sp³-hybridized carbons (Fsp3) is 0.250. The fourth-order valence-corrected chi connectivity index (χ4v) is 2.88. The molecule has 0 saturated heterocycles. The van der Waals surface area contributed by atoms with Crippen LogP contribution in [0.25, 0.3) is 0 Å². The molecule has 102 valence electrons. The monoisotopic (exact) mass is 283 g/mol. The lowest BCUT2D eigenvalue weighted by Crippen LogP contribution is -2.27. The number of sulfonamides is 1. The van der Waals surface area contributed by atoms with Gasteiger partial charge in [0.05, 0.1) is 11.9 Å². The summed E-state index contributed by atoms with van der Waals surface area (Å²) in [5.41, 5.74) is 1.04. The second-order valence-corrected chi connectivity index (χ2v) is 6.22. The molecule has 0 saturated carbocycles. The van der Waals surface area contributed by atoms with Crippen molar-refractivity contribution in [2.45, 2.75) is 11.8 Å². The number of halogens is 1. The van der Waals surface area contributed by atoms with E-state index in [0.717, 1.165) is 4.31 Å². The van der Waals surface area contributed by atoms with Crippen molar-refractivity contribution in [3.8, 4) is 0 Å². The molecule has 7 heteroatoms. The van der Waals surface area contributed by atoms with Gasteiger partial charge in [0, 0.05) is 20.3 Å². The highest BCUT2D eigenvalue weighted by molar-refractivity contribution is 7.92. The molecule has 0 atom stereocenters. The number of hydrogen-bond acceptors (Lipinski definition) is 3. The van der Waals surface area contributed by atoms with Gasteiger partial charge in [0.15, 0.2) is 0 Å². The first-order chi connectivity index (χ1) is 8.82. The highest BCUT2D eigenvalue weighted by Crippen LogP contribution is 2.23. The molecule has 0 amide bonds. The summed E-state index contributed by atoms with van der Waals surface area (Å²) >= 11 is 0. The zero-order valence-corrected chi connectivity index (χ0v) is 11.6. The molecule has 1 aromatic carbocycles. The van der Waals surface area contributed by atoms with E-state index in [9.17, 15) is 12.8 Å². The highest BCUT2D eigenvalue weighted by atomic mass is 32.2. The molecule has 1 heterocycles. The average Bonchev–Trinajstić information content (AvgIpc) is 2.74. The normalized spacial score (nSPS) is 11.6. The van der Waals surface area contributed by atoms with Crippen LogP contribution in [0.3, 0.4) is 0 Å². The number of rotatable bonds is 3. The molecule has 0 aliphatic heterocycles. The quantitative estimate of drug-likeness (QED) is 0.861. The largest absolute Gasteiger partial charge is 0.274 e. The first-order valence-corrected chi connectivity index (χ1v) is 7.00. The zero-order valence-electron chi connectivity index (χ0n) is 10.8. The van der Waals surface area contributed by atoms with Gasteiger partial charge < -0.3 is 0 Å². The van der Waals surface area contributed by atoms with Crippen LogP contribution in [-0.2, 0) is 17.1 Å². The van der Waals surface area contributed by atoms with Crippen LogP contribution in [0, 0.1) is 12.7 Å². The Kier molecular flexibility index (Phi) is 3.32. The van der Waals surface area contributed by atoms with Gasteiger partial charge in [0.25, 0.3) is 10.0 Å². The number of nitrogens with zero attached hydrogens (tertiary/aromatic N) is 3. The van der Waals surface area contributed by atoms with Crippen LogP contribution in [0.4, 0.5) is 10.1 Å². The molecular weight excluding hydrogens is 269 g/mol. The maximum absolute atomic E-state index is 13.8. The molecule has 1 aromatic heterocycles. The van der Waals surface area contributed by atoms with Crippen LogP contribution in [-0.4, -0.2) is 25.2 Å². The van der Waals surface area contributed by atoms with Crippen molar-refractivity contribution in [2.24, 2.45) is 7.05 Å². The smallest absolute Gasteiger partial charge is 0.267 e. The van der Waals surface area contributed by atoms with E-state index in [4.69, 9.17) is 0 Å². The van der Waals surface area contributed by atoms with Crippen molar-refractivity contribution in [3.05, 3.63) is 42.0 Å². The first-order valence-electron chi connectivity index (χ1n) is 5.56. The van der Waals surface area contributed by atoms with E-state index in [2.05, 4.69) is 5.10 Å². The SMILES string of the molecule is Cc1ccc(S(=O)(=O)N(C)c2cnn(C)c2)c(F)c1. The van der Waals surface area contributed by atoms with Gasteiger partial charge in [-0.15, -0.1) is 0 Å². The van der Waals surface area contributed by atoms with Crippen LogP contribution >= 0.6 is 0 Å². The Balaban J connectivity index is 2.47. The molecule has 19 heavy (non-hydrogen) atoms. The molecule has 0 radical (unpaired) electrons. The summed E-state index contributed by atoms with van der Waals surface area (Å²) < 4.78 is 40.9. The molecule has 0 bridgehead atoms. The van der Waals surface area contributed by atoms with E-state index in [1.807, 2.05) is 0 Å². The van der Waals surface area contributed by atoms with Gasteiger partial charge in [-0.3, -0.25) is 8.99 Å². The summed E-state index contributed by atoms with van der Waals surface area (Å²) in [5.74, 6) is -0.754. The predicted molar refractivity (Wildman–Crippen MR) is 69.9 cm³/mol. The Hall–Kier alpha value is -1.89. The summed E-state index contributed by atoms with van der Waals surface area (Å²) in [5, 5.41) is 3.90. The van der Waals surface area contributed by atoms with Gasteiger partial charge in [-0.05, 0) is 24.6 Å². The molecule has 0 N–H and O–H groups in total. The Morgan fingerprint density at radius 3 is 2.58 bits per heavy atom. The Morgan fingerprint density at radius 2 is 2.05 bits per heavy atom. The van der Waals surface area contributed by atoms with E-state index < -0.39 is 15.8 Å². The Morgan fingerprint density at radius 1 is 1.37 bits per heavy atom. The zero-order chi connectivity index (χ0) is 14.2. The molecule has 5 nitrogen and oxygen atoms in total. The molecule has 0 aliphatic carbocycles. The lowest BCUT2D eigenvalue weighted by atomic mass is 10.2. The summed E-state index contributed by atoms with van der Waals surface area (Å²) in [6, 6.07) is 4.03. The molecule has 0 aliphatic rings. The van der Waals surface area contributed by atoms with Crippen LogP contribution < -0.4 is 4.31 Å². The van der Waals surface area contributed by atoms with Gasteiger partial charge in [0.1, 0.15) is 10.7 Å². The van der Waals surface area contributed by atoms with E-state index in [1.54, 1.807) is 26.2 Å². The minimum absolute atomic E-state index is 0.343. The van der Waals surface area contributed by atoms with Crippen molar-refractivity contribution >= 4 is 15.7 Å². The fourth-order valence-electron chi connectivity index (χ4n) is 1.67. The summed E-state index contributed by atoms with van der Waals surface area (Å²) in [7, 11) is -0.877. The summed E-state index contributed by atoms with van der Waals surface area (Å²) in [6.45, 7) is 1.70. The number of benzene rings is 1. The van der Waals surface area contributed by atoms with Crippen molar-refractivity contribution in [2.75, 3.05) is 11.4 Å². The minimum atomic E-state index is -3.92. The highest BCUT2D eigenvalue weighted by Gasteiger charge is 2.25. The lowest BCUT2D eigenvalue weighted by molar-refractivity contribution is 0.565. The third-order valence-electron chi connectivity index (χ3n) is 2.78. The van der Waals surface area contributed by atoms with Crippen molar-refractivity contribution in [1.29, 1.82) is 0 Å². The van der Waals surface area contributed by atoms with E-state index in [1.165, 1.54) is 30.1 Å². The topological polar surface area (TPSA) is 55.2 Å². The standard InChI is InChI=1S/C12H14FN3O2S/c1-9-4-5-12(11(13)6-9)19(17,18)16(3)10-7-14-15(2)8-10/h4-8H,1-3H3. The van der Waals surface area contributed by atoms with Gasteiger partial charge >= 0.3 is 0 Å². The van der Waals surface area contributed by atoms with E-state index in [-0.39, 0.29) is 4.90 Å². The van der Waals surface area contributed by atoms with Crippen LogP contribution in [0.5, 0.6) is 0 Å². The summed E-state index contributed by atoms with van der Waals surface area (Å²) in [6.07, 6.45) is 2.95. The van der Waals surface area contributed by atoms with Crippen LogP contribution in [0.1, 0.15) is 5.56 Å². The minimum Gasteiger partial charge on any atom is -0.274 e. The number of aromatic nitrogens is 2. The molecule has 0 fully saturated rings. The maximum atomic E-state index is 13.8. The van der Waals surface area contributed by atoms with E-state index in [0.29, 0.717) is 11.3 Å². The van der Waals surface area contributed by atoms with Gasteiger partial charge in [-0.2, -0.15) is 5.10 Å². The lowest BCUT2D eigenvalue weighted by Gasteiger charge is -2.17. The van der Waals surface area contributed by atoms with Crippen LogP contribution in [0.2, 0.25) is 0 Å². The third kappa shape index (κ3) is 2.46. The molecular formula is C12H14FN3O2S. The Labute approximate surface area is 111 Å². The van der Waals surface area contributed by atoms with E-state index >= 15 is 0 Å². The number of hydrogen-bond donors (Lipinski definition) is 0.